The van der Waals surface area contributed by atoms with Crippen LogP contribution in [0.2, 0.25) is 0 Å². The zero-order valence-corrected chi connectivity index (χ0v) is 8.35. The lowest BCUT2D eigenvalue weighted by Gasteiger charge is -2.16. The number of benzene rings is 1. The summed E-state index contributed by atoms with van der Waals surface area (Å²) in [6.45, 7) is 4.22. The van der Waals surface area contributed by atoms with E-state index in [1.807, 2.05) is 24.3 Å². The van der Waals surface area contributed by atoms with E-state index in [1.54, 1.807) is 0 Å². The molecule has 0 saturated carbocycles. The van der Waals surface area contributed by atoms with Gasteiger partial charge in [-0.1, -0.05) is 28.1 Å². The number of nitrogens with two attached hydrogens (primary N) is 1. The quantitative estimate of drug-likeness (QED) is 0.564. The summed E-state index contributed by atoms with van der Waals surface area (Å²) in [6, 6.07) is 7.89. The predicted molar refractivity (Wildman–Crippen MR) is 52.8 cm³/mol. The molecule has 0 saturated heterocycles. The van der Waals surface area contributed by atoms with Crippen molar-refractivity contribution in [2.75, 3.05) is 5.73 Å². The Kier molecular flexibility index (Phi) is 2.23. The zero-order chi connectivity index (χ0) is 8.48. The van der Waals surface area contributed by atoms with Gasteiger partial charge in [0.1, 0.15) is 0 Å². The maximum atomic E-state index is 5.55. The summed E-state index contributed by atoms with van der Waals surface area (Å²) in [4.78, 5) is 0. The number of hydrogen-bond acceptors (Lipinski definition) is 1. The van der Waals surface area contributed by atoms with Crippen LogP contribution in [-0.4, -0.2) is 0 Å². The molecule has 0 atom stereocenters. The number of nitrogen functional groups attached to an aromatic ring is 1. The standard InChI is InChI=1S/C9H12BrN/c1-9(2,10)7-3-5-8(11)6-4-7/h3-6H,11H2,1-2H3. The van der Waals surface area contributed by atoms with Gasteiger partial charge in [-0.25, -0.2) is 0 Å². The van der Waals surface area contributed by atoms with E-state index in [2.05, 4.69) is 29.8 Å². The van der Waals surface area contributed by atoms with E-state index >= 15 is 0 Å². The van der Waals surface area contributed by atoms with Crippen LogP contribution in [0, 0.1) is 0 Å². The Balaban J connectivity index is 2.99. The van der Waals surface area contributed by atoms with Crippen LogP contribution in [-0.2, 0) is 4.32 Å². The fourth-order valence-electron chi connectivity index (χ4n) is 0.879. The average Bonchev–Trinajstić information content (AvgIpc) is 1.86. The molecular formula is C9H12BrN. The number of anilines is 1. The molecule has 1 nitrogen and oxygen atoms in total. The minimum Gasteiger partial charge on any atom is -0.399 e. The SMILES string of the molecule is CC(C)(Br)c1ccc(N)cc1. The van der Waals surface area contributed by atoms with Gasteiger partial charge >= 0.3 is 0 Å². The minimum absolute atomic E-state index is 0.0424. The van der Waals surface area contributed by atoms with Crippen molar-refractivity contribution in [1.29, 1.82) is 0 Å². The largest absolute Gasteiger partial charge is 0.399 e. The minimum atomic E-state index is 0.0424. The number of hydrogen-bond donors (Lipinski definition) is 1. The molecule has 0 aliphatic carbocycles. The Labute approximate surface area is 75.7 Å². The lowest BCUT2D eigenvalue weighted by Crippen LogP contribution is -2.05. The van der Waals surface area contributed by atoms with Crippen LogP contribution in [0.1, 0.15) is 19.4 Å². The molecule has 1 aromatic carbocycles. The topological polar surface area (TPSA) is 26.0 Å². The van der Waals surface area contributed by atoms with Gasteiger partial charge in [0.05, 0.1) is 0 Å². The third kappa shape index (κ3) is 2.22. The van der Waals surface area contributed by atoms with Gasteiger partial charge in [-0.15, -0.1) is 0 Å². The molecule has 0 bridgehead atoms. The fraction of sp³-hybridized carbons (Fsp3) is 0.333. The van der Waals surface area contributed by atoms with Crippen molar-refractivity contribution in [3.63, 3.8) is 0 Å². The molecule has 0 heterocycles. The summed E-state index contributed by atoms with van der Waals surface area (Å²) >= 11 is 3.57. The average molecular weight is 214 g/mol. The molecule has 2 N–H and O–H groups in total. The smallest absolute Gasteiger partial charge is 0.0449 e. The second-order valence-electron chi connectivity index (χ2n) is 3.09. The first-order valence-corrected chi connectivity index (χ1v) is 4.34. The van der Waals surface area contributed by atoms with Crippen molar-refractivity contribution in [2.45, 2.75) is 18.2 Å². The molecule has 11 heavy (non-hydrogen) atoms. The Hall–Kier alpha value is -0.500. The highest BCUT2D eigenvalue weighted by atomic mass is 79.9. The third-order valence-corrected chi connectivity index (χ3v) is 2.05. The molecular weight excluding hydrogens is 202 g/mol. The Morgan fingerprint density at radius 2 is 1.64 bits per heavy atom. The summed E-state index contributed by atoms with van der Waals surface area (Å²) in [5.41, 5.74) is 7.61. The maximum Gasteiger partial charge on any atom is 0.0449 e. The first kappa shape index (κ1) is 8.60. The van der Waals surface area contributed by atoms with Gasteiger partial charge in [0.15, 0.2) is 0 Å². The van der Waals surface area contributed by atoms with E-state index < -0.39 is 0 Å². The first-order valence-electron chi connectivity index (χ1n) is 3.55. The molecule has 60 valence electrons. The van der Waals surface area contributed by atoms with Crippen LogP contribution in [0.5, 0.6) is 0 Å². The van der Waals surface area contributed by atoms with Crippen LogP contribution in [0.15, 0.2) is 24.3 Å². The van der Waals surface area contributed by atoms with Gasteiger partial charge in [0.2, 0.25) is 0 Å². The molecule has 1 rings (SSSR count). The summed E-state index contributed by atoms with van der Waals surface area (Å²) in [5, 5.41) is 0. The molecule has 0 aliphatic heterocycles. The van der Waals surface area contributed by atoms with Gasteiger partial charge in [-0.2, -0.15) is 0 Å². The molecule has 0 radical (unpaired) electrons. The summed E-state index contributed by atoms with van der Waals surface area (Å²) in [7, 11) is 0. The van der Waals surface area contributed by atoms with Crippen molar-refractivity contribution >= 4 is 21.6 Å². The monoisotopic (exact) mass is 213 g/mol. The second kappa shape index (κ2) is 2.86. The van der Waals surface area contributed by atoms with Gasteiger partial charge in [-0.05, 0) is 31.5 Å². The van der Waals surface area contributed by atoms with Crippen LogP contribution < -0.4 is 5.73 Å². The van der Waals surface area contributed by atoms with E-state index in [0.29, 0.717) is 0 Å². The van der Waals surface area contributed by atoms with Crippen molar-refractivity contribution in [3.8, 4) is 0 Å². The van der Waals surface area contributed by atoms with Gasteiger partial charge in [0, 0.05) is 10.0 Å². The number of alkyl halides is 1. The van der Waals surface area contributed by atoms with Crippen molar-refractivity contribution in [1.82, 2.24) is 0 Å². The molecule has 0 spiro atoms. The van der Waals surface area contributed by atoms with Crippen LogP contribution in [0.4, 0.5) is 5.69 Å². The molecule has 0 amide bonds. The summed E-state index contributed by atoms with van der Waals surface area (Å²) in [6.07, 6.45) is 0. The van der Waals surface area contributed by atoms with E-state index in [4.69, 9.17) is 5.73 Å². The molecule has 0 fully saturated rings. The Bertz CT molecular complexity index is 233. The molecule has 2 heteroatoms. The molecule has 0 aromatic heterocycles. The second-order valence-corrected chi connectivity index (χ2v) is 5.08. The van der Waals surface area contributed by atoms with Gasteiger partial charge in [-0.3, -0.25) is 0 Å². The maximum absolute atomic E-state index is 5.55. The lowest BCUT2D eigenvalue weighted by molar-refractivity contribution is 0.803. The Morgan fingerprint density at radius 1 is 1.18 bits per heavy atom. The Morgan fingerprint density at radius 3 is 2.00 bits per heavy atom. The highest BCUT2D eigenvalue weighted by Gasteiger charge is 2.14. The zero-order valence-electron chi connectivity index (χ0n) is 6.76. The van der Waals surface area contributed by atoms with Crippen molar-refractivity contribution < 1.29 is 0 Å². The van der Waals surface area contributed by atoms with Crippen LogP contribution in [0.25, 0.3) is 0 Å². The van der Waals surface area contributed by atoms with Crippen molar-refractivity contribution in [2.24, 2.45) is 0 Å². The summed E-state index contributed by atoms with van der Waals surface area (Å²) in [5.74, 6) is 0. The molecule has 1 aromatic rings. The number of halogens is 1. The van der Waals surface area contributed by atoms with E-state index in [0.717, 1.165) is 5.69 Å². The van der Waals surface area contributed by atoms with E-state index in [9.17, 15) is 0 Å². The highest BCUT2D eigenvalue weighted by molar-refractivity contribution is 9.09. The summed E-state index contributed by atoms with van der Waals surface area (Å²) < 4.78 is 0.0424. The van der Waals surface area contributed by atoms with Gasteiger partial charge in [0.25, 0.3) is 0 Å². The van der Waals surface area contributed by atoms with E-state index in [1.165, 1.54) is 5.56 Å². The molecule has 0 unspecified atom stereocenters. The normalized spacial score (nSPS) is 11.5. The molecule has 0 aliphatic rings. The van der Waals surface area contributed by atoms with Gasteiger partial charge < -0.3 is 5.73 Å². The number of rotatable bonds is 1. The highest BCUT2D eigenvalue weighted by Crippen LogP contribution is 2.29. The lowest BCUT2D eigenvalue weighted by atomic mass is 10.0. The third-order valence-electron chi connectivity index (χ3n) is 1.60. The van der Waals surface area contributed by atoms with Crippen molar-refractivity contribution in [3.05, 3.63) is 29.8 Å². The first-order chi connectivity index (χ1) is 5.00. The fourth-order valence-corrected chi connectivity index (χ4v) is 1.14. The van der Waals surface area contributed by atoms with E-state index in [-0.39, 0.29) is 4.32 Å². The van der Waals surface area contributed by atoms with Crippen LogP contribution in [0.3, 0.4) is 0 Å². The predicted octanol–water partition coefficient (Wildman–Crippen LogP) is 2.90. The van der Waals surface area contributed by atoms with Crippen LogP contribution >= 0.6 is 15.9 Å².